The number of aliphatic imine (C=N–C) groups is 1. The first-order valence-electron chi connectivity index (χ1n) is 9.97. The Morgan fingerprint density at radius 1 is 1.14 bits per heavy atom. The van der Waals surface area contributed by atoms with Gasteiger partial charge in [-0.15, -0.1) is 0 Å². The van der Waals surface area contributed by atoms with Crippen LogP contribution in [0.25, 0.3) is 0 Å². The first kappa shape index (κ1) is 19.1. The van der Waals surface area contributed by atoms with Gasteiger partial charge in [-0.25, -0.2) is 9.38 Å². The Morgan fingerprint density at radius 3 is 2.48 bits per heavy atom. The van der Waals surface area contributed by atoms with E-state index in [4.69, 9.17) is 10.7 Å². The monoisotopic (exact) mass is 393 g/mol. The molecule has 2 unspecified atom stereocenters. The molecule has 5 heteroatoms. The number of amides is 1. The number of anilines is 1. The van der Waals surface area contributed by atoms with Crippen molar-refractivity contribution in [3.8, 4) is 0 Å². The Morgan fingerprint density at radius 2 is 1.83 bits per heavy atom. The van der Waals surface area contributed by atoms with Crippen molar-refractivity contribution in [1.82, 2.24) is 0 Å². The second kappa shape index (κ2) is 8.03. The fraction of sp³-hybridized carbons (Fsp3) is 0.250. The quantitative estimate of drug-likeness (QED) is 0.730. The van der Waals surface area contributed by atoms with Crippen LogP contribution in [0.3, 0.4) is 0 Å². The number of hydrogen-bond acceptors (Lipinski definition) is 3. The van der Waals surface area contributed by atoms with Gasteiger partial charge >= 0.3 is 0 Å². The Kier molecular flexibility index (Phi) is 5.30. The van der Waals surface area contributed by atoms with Crippen molar-refractivity contribution in [3.63, 3.8) is 0 Å². The number of carbonyl (C=O) groups excluding carboxylic acids is 1. The molecule has 0 bridgehead atoms. The van der Waals surface area contributed by atoms with E-state index in [9.17, 15) is 9.18 Å². The molecule has 0 saturated heterocycles. The summed E-state index contributed by atoms with van der Waals surface area (Å²) < 4.78 is 13.4. The predicted octanol–water partition coefficient (Wildman–Crippen LogP) is 5.27. The number of halogens is 1. The van der Waals surface area contributed by atoms with Crippen molar-refractivity contribution in [3.05, 3.63) is 89.0 Å². The Hall–Kier alpha value is -3.21. The molecule has 3 aliphatic rings. The van der Waals surface area contributed by atoms with E-state index in [-0.39, 0.29) is 20.5 Å². The smallest absolute Gasteiger partial charge is 0.225 e. The number of para-hydroxylation sites is 1. The first-order chi connectivity index (χ1) is 14.0. The standard InChI is InChI=1S/C21H18FN3O.C3H6.2H2/c1-12-15(21(23)26)10-11-18-19(12)25-20(13-6-8-14(22)9-7-13)16-4-2-3-5-17(16)24-18;1-2-3-1;;/h2-12,15,24H,1H3,(H2,23,26);1-3H2;2*1H. The molecule has 1 aliphatic heterocycles. The lowest BCUT2D eigenvalue weighted by Gasteiger charge is -2.24. The van der Waals surface area contributed by atoms with Gasteiger partial charge < -0.3 is 11.1 Å². The summed E-state index contributed by atoms with van der Waals surface area (Å²) in [7, 11) is 0. The van der Waals surface area contributed by atoms with E-state index in [2.05, 4.69) is 5.32 Å². The normalized spacial score (nSPS) is 21.5. The summed E-state index contributed by atoms with van der Waals surface area (Å²) in [5, 5.41) is 3.41. The second-order valence-corrected chi connectivity index (χ2v) is 7.57. The molecule has 3 N–H and O–H groups in total. The highest BCUT2D eigenvalue weighted by atomic mass is 19.1. The second-order valence-electron chi connectivity index (χ2n) is 7.57. The molecule has 1 heterocycles. The molecular weight excluding hydrogens is 365 g/mol. The van der Waals surface area contributed by atoms with Gasteiger partial charge in [0.15, 0.2) is 0 Å². The average Bonchev–Trinajstić information content (AvgIpc) is 3.58. The lowest BCUT2D eigenvalue weighted by molar-refractivity contribution is -0.121. The minimum atomic E-state index is -0.407. The van der Waals surface area contributed by atoms with Gasteiger partial charge in [-0.3, -0.25) is 4.79 Å². The molecule has 1 amide bonds. The van der Waals surface area contributed by atoms with Gasteiger partial charge in [-0.1, -0.05) is 50.5 Å². The lowest BCUT2D eigenvalue weighted by atomic mass is 9.85. The fourth-order valence-electron chi connectivity index (χ4n) is 3.43. The summed E-state index contributed by atoms with van der Waals surface area (Å²) in [6, 6.07) is 14.1. The van der Waals surface area contributed by atoms with E-state index in [0.717, 1.165) is 33.9 Å². The number of benzene rings is 2. The molecule has 1 saturated carbocycles. The van der Waals surface area contributed by atoms with Crippen molar-refractivity contribution in [1.29, 1.82) is 0 Å². The van der Waals surface area contributed by atoms with Crippen LogP contribution < -0.4 is 11.1 Å². The number of fused-ring (bicyclic) bond motifs is 1. The molecule has 1 fully saturated rings. The van der Waals surface area contributed by atoms with Crippen molar-refractivity contribution < 1.29 is 12.0 Å². The first-order valence-corrected chi connectivity index (χ1v) is 9.97. The number of nitrogens with two attached hydrogens (primary N) is 1. The van der Waals surface area contributed by atoms with Gasteiger partial charge in [0.05, 0.1) is 23.0 Å². The highest BCUT2D eigenvalue weighted by Gasteiger charge is 2.31. The van der Waals surface area contributed by atoms with Gasteiger partial charge in [0.2, 0.25) is 5.91 Å². The summed E-state index contributed by atoms with van der Waals surface area (Å²) in [5.41, 5.74) is 10.5. The summed E-state index contributed by atoms with van der Waals surface area (Å²) in [6.45, 7) is 1.94. The van der Waals surface area contributed by atoms with Crippen LogP contribution in [0.4, 0.5) is 10.1 Å². The molecule has 4 nitrogen and oxygen atoms in total. The third-order valence-electron chi connectivity index (χ3n) is 5.20. The van der Waals surface area contributed by atoms with Crippen LogP contribution in [0.15, 0.2) is 77.1 Å². The predicted molar refractivity (Wildman–Crippen MR) is 118 cm³/mol. The van der Waals surface area contributed by atoms with E-state index in [1.165, 1.54) is 31.4 Å². The van der Waals surface area contributed by atoms with Gasteiger partial charge in [0, 0.05) is 25.6 Å². The van der Waals surface area contributed by atoms with Crippen LogP contribution in [0.5, 0.6) is 0 Å². The minimum absolute atomic E-state index is 0. The zero-order valence-electron chi connectivity index (χ0n) is 16.4. The lowest BCUT2D eigenvalue weighted by Crippen LogP contribution is -2.30. The van der Waals surface area contributed by atoms with Crippen molar-refractivity contribution in [2.75, 3.05) is 5.32 Å². The van der Waals surface area contributed by atoms with Crippen molar-refractivity contribution >= 4 is 17.3 Å². The van der Waals surface area contributed by atoms with Crippen LogP contribution in [0.2, 0.25) is 0 Å². The SMILES string of the molecule is C1CC1.CC1C2=C(C=CC1C(N)=O)Nc1ccccc1C(c1ccc(F)cc1)=N2.[HH].[HH]. The molecule has 152 valence electrons. The van der Waals surface area contributed by atoms with E-state index in [0.29, 0.717) is 0 Å². The number of primary amides is 1. The molecule has 2 aromatic rings. The Labute approximate surface area is 173 Å². The largest absolute Gasteiger partial charge is 0.369 e. The summed E-state index contributed by atoms with van der Waals surface area (Å²) >= 11 is 0. The summed E-state index contributed by atoms with van der Waals surface area (Å²) in [6.07, 6.45) is 8.18. The minimum Gasteiger partial charge on any atom is -0.369 e. The summed E-state index contributed by atoms with van der Waals surface area (Å²) in [4.78, 5) is 16.7. The number of nitrogens with zero attached hydrogens (tertiary/aromatic N) is 1. The zero-order chi connectivity index (χ0) is 20.4. The van der Waals surface area contributed by atoms with Gasteiger partial charge in [-0.2, -0.15) is 0 Å². The number of hydrogen-bond donors (Lipinski definition) is 2. The number of nitrogens with one attached hydrogen (secondary N) is 1. The average molecular weight is 394 g/mol. The maximum atomic E-state index is 13.4. The molecule has 0 spiro atoms. The molecule has 2 aromatic carbocycles. The van der Waals surface area contributed by atoms with E-state index < -0.39 is 5.92 Å². The fourth-order valence-corrected chi connectivity index (χ4v) is 3.43. The van der Waals surface area contributed by atoms with E-state index in [1.807, 2.05) is 43.3 Å². The molecular formula is C24H28FN3O. The van der Waals surface area contributed by atoms with Crippen molar-refractivity contribution in [2.24, 2.45) is 22.6 Å². The Balaban J connectivity index is 0.000000630. The topological polar surface area (TPSA) is 67.5 Å². The number of rotatable bonds is 2. The molecule has 0 aromatic heterocycles. The molecule has 29 heavy (non-hydrogen) atoms. The molecule has 2 aliphatic carbocycles. The maximum absolute atomic E-state index is 13.4. The van der Waals surface area contributed by atoms with E-state index in [1.54, 1.807) is 12.1 Å². The van der Waals surface area contributed by atoms with Crippen LogP contribution in [-0.4, -0.2) is 11.6 Å². The van der Waals surface area contributed by atoms with Crippen LogP contribution in [0.1, 0.15) is 40.2 Å². The van der Waals surface area contributed by atoms with Crippen molar-refractivity contribution in [2.45, 2.75) is 26.2 Å². The van der Waals surface area contributed by atoms with E-state index >= 15 is 0 Å². The van der Waals surface area contributed by atoms with Gasteiger partial charge in [-0.05, 0) is 36.4 Å². The zero-order valence-corrected chi connectivity index (χ0v) is 16.4. The van der Waals surface area contributed by atoms with Crippen LogP contribution in [0, 0.1) is 17.7 Å². The highest BCUT2D eigenvalue weighted by Crippen LogP contribution is 2.36. The molecule has 5 rings (SSSR count). The van der Waals surface area contributed by atoms with Crippen LogP contribution in [-0.2, 0) is 4.79 Å². The maximum Gasteiger partial charge on any atom is 0.225 e. The number of allylic oxidation sites excluding steroid dienone is 2. The molecule has 2 atom stereocenters. The van der Waals surface area contributed by atoms with Gasteiger partial charge in [0.1, 0.15) is 5.82 Å². The number of carbonyl (C=O) groups is 1. The molecule has 0 radical (unpaired) electrons. The third-order valence-corrected chi connectivity index (χ3v) is 5.20. The third kappa shape index (κ3) is 4.14. The van der Waals surface area contributed by atoms with Crippen LogP contribution >= 0.6 is 0 Å². The summed E-state index contributed by atoms with van der Waals surface area (Å²) in [5.74, 6) is -1.24. The highest BCUT2D eigenvalue weighted by molar-refractivity contribution is 6.17. The Bertz CT molecular complexity index is 1030. The van der Waals surface area contributed by atoms with Gasteiger partial charge in [0.25, 0.3) is 0 Å².